The lowest BCUT2D eigenvalue weighted by molar-refractivity contribution is 0.0938. The van der Waals surface area contributed by atoms with E-state index in [4.69, 9.17) is 23.7 Å². The molecule has 2 aromatic carbocycles. The summed E-state index contributed by atoms with van der Waals surface area (Å²) in [5.74, 6) is 2.64. The lowest BCUT2D eigenvalue weighted by atomic mass is 10.1. The van der Waals surface area contributed by atoms with Crippen molar-refractivity contribution in [2.75, 3.05) is 26.6 Å². The zero-order valence-corrected chi connectivity index (χ0v) is 17.2. The molecular formula is C22H27NO6. The van der Waals surface area contributed by atoms with Crippen molar-refractivity contribution in [3.05, 3.63) is 41.5 Å². The average molecular weight is 401 g/mol. The standard InChI is InChI=1S/C22H27NO6/c1-5-25-19-11-16(12-20(26-6-2)21(19)27-7-3)22(24)23-14(4)15-8-9-17-18(10-15)29-13-28-17/h8-12,14H,5-7,13H2,1-4H3,(H,23,24). The van der Waals surface area contributed by atoms with Gasteiger partial charge in [-0.05, 0) is 57.5 Å². The van der Waals surface area contributed by atoms with Crippen molar-refractivity contribution in [2.45, 2.75) is 33.7 Å². The van der Waals surface area contributed by atoms with E-state index in [0.29, 0.717) is 54.1 Å². The monoisotopic (exact) mass is 401 g/mol. The fraction of sp³-hybridized carbons (Fsp3) is 0.409. The molecule has 156 valence electrons. The maximum Gasteiger partial charge on any atom is 0.252 e. The van der Waals surface area contributed by atoms with Crippen LogP contribution in [0.3, 0.4) is 0 Å². The van der Waals surface area contributed by atoms with Crippen LogP contribution in [-0.2, 0) is 0 Å². The van der Waals surface area contributed by atoms with Gasteiger partial charge >= 0.3 is 0 Å². The average Bonchev–Trinajstić information content (AvgIpc) is 3.18. The second-order valence-electron chi connectivity index (χ2n) is 6.41. The molecule has 0 saturated heterocycles. The van der Waals surface area contributed by atoms with Gasteiger partial charge in [-0.3, -0.25) is 4.79 Å². The summed E-state index contributed by atoms with van der Waals surface area (Å²) in [5.41, 5.74) is 1.36. The molecule has 0 radical (unpaired) electrons. The van der Waals surface area contributed by atoms with E-state index >= 15 is 0 Å². The number of rotatable bonds is 9. The SMILES string of the molecule is CCOc1cc(C(=O)NC(C)c2ccc3c(c2)OCO3)cc(OCC)c1OCC. The molecule has 0 saturated carbocycles. The molecule has 3 rings (SSSR count). The molecule has 0 aromatic heterocycles. The summed E-state index contributed by atoms with van der Waals surface area (Å²) in [7, 11) is 0. The van der Waals surface area contributed by atoms with Gasteiger partial charge in [-0.2, -0.15) is 0 Å². The van der Waals surface area contributed by atoms with Crippen molar-refractivity contribution in [3.63, 3.8) is 0 Å². The lowest BCUT2D eigenvalue weighted by Crippen LogP contribution is -2.26. The topological polar surface area (TPSA) is 75.3 Å². The van der Waals surface area contributed by atoms with Crippen LogP contribution < -0.4 is 29.0 Å². The van der Waals surface area contributed by atoms with Gasteiger partial charge in [0.2, 0.25) is 12.5 Å². The smallest absolute Gasteiger partial charge is 0.252 e. The Bertz CT molecular complexity index is 839. The Morgan fingerprint density at radius 1 is 0.966 bits per heavy atom. The minimum atomic E-state index is -0.236. The molecule has 1 amide bonds. The highest BCUT2D eigenvalue weighted by molar-refractivity contribution is 5.96. The van der Waals surface area contributed by atoms with E-state index in [1.165, 1.54) is 0 Å². The first-order valence-corrected chi connectivity index (χ1v) is 9.84. The van der Waals surface area contributed by atoms with Gasteiger partial charge in [0.15, 0.2) is 23.0 Å². The van der Waals surface area contributed by atoms with E-state index in [9.17, 15) is 4.79 Å². The zero-order valence-electron chi connectivity index (χ0n) is 17.2. The van der Waals surface area contributed by atoms with Crippen LogP contribution in [0, 0.1) is 0 Å². The predicted molar refractivity (Wildman–Crippen MR) is 108 cm³/mol. The number of ether oxygens (including phenoxy) is 5. The second kappa shape index (κ2) is 9.41. The Morgan fingerprint density at radius 3 is 2.21 bits per heavy atom. The van der Waals surface area contributed by atoms with Crippen molar-refractivity contribution < 1.29 is 28.5 Å². The van der Waals surface area contributed by atoms with E-state index in [-0.39, 0.29) is 18.7 Å². The minimum absolute atomic E-state index is 0.214. The molecule has 1 unspecified atom stereocenters. The Hall–Kier alpha value is -3.09. The van der Waals surface area contributed by atoms with Crippen molar-refractivity contribution in [2.24, 2.45) is 0 Å². The molecular weight excluding hydrogens is 374 g/mol. The summed E-state index contributed by atoms with van der Waals surface area (Å²) in [6.07, 6.45) is 0. The van der Waals surface area contributed by atoms with Gasteiger partial charge in [-0.15, -0.1) is 0 Å². The highest BCUT2D eigenvalue weighted by Gasteiger charge is 2.21. The fourth-order valence-electron chi connectivity index (χ4n) is 3.07. The van der Waals surface area contributed by atoms with Crippen LogP contribution in [0.25, 0.3) is 0 Å². The van der Waals surface area contributed by atoms with Gasteiger partial charge in [0, 0.05) is 5.56 Å². The molecule has 1 atom stereocenters. The molecule has 7 heteroatoms. The summed E-state index contributed by atoms with van der Waals surface area (Å²) >= 11 is 0. The van der Waals surface area contributed by atoms with Crippen LogP contribution in [-0.4, -0.2) is 32.5 Å². The number of amides is 1. The molecule has 1 N–H and O–H groups in total. The summed E-state index contributed by atoms with van der Waals surface area (Å²) in [5, 5.41) is 3.01. The number of nitrogens with one attached hydrogen (secondary N) is 1. The van der Waals surface area contributed by atoms with Crippen LogP contribution >= 0.6 is 0 Å². The largest absolute Gasteiger partial charge is 0.490 e. The van der Waals surface area contributed by atoms with Crippen molar-refractivity contribution >= 4 is 5.91 Å². The maximum atomic E-state index is 12.9. The van der Waals surface area contributed by atoms with Crippen LogP contribution in [0.1, 0.15) is 49.7 Å². The molecule has 2 aromatic rings. The summed E-state index contributed by atoms with van der Waals surface area (Å²) in [6, 6.07) is 8.76. The predicted octanol–water partition coefficient (Wildman–Crippen LogP) is 4.10. The second-order valence-corrected chi connectivity index (χ2v) is 6.41. The first-order valence-electron chi connectivity index (χ1n) is 9.84. The van der Waals surface area contributed by atoms with E-state index in [1.54, 1.807) is 12.1 Å². The molecule has 1 aliphatic rings. The minimum Gasteiger partial charge on any atom is -0.490 e. The quantitative estimate of drug-likeness (QED) is 0.682. The van der Waals surface area contributed by atoms with E-state index in [2.05, 4.69) is 5.32 Å². The van der Waals surface area contributed by atoms with E-state index in [1.807, 2.05) is 45.9 Å². The van der Waals surface area contributed by atoms with Crippen LogP contribution in [0.2, 0.25) is 0 Å². The normalized spacial score (nSPS) is 13.0. The van der Waals surface area contributed by atoms with Gasteiger partial charge in [-0.25, -0.2) is 0 Å². The van der Waals surface area contributed by atoms with E-state index < -0.39 is 0 Å². The molecule has 0 spiro atoms. The molecule has 0 fully saturated rings. The third kappa shape index (κ3) is 4.67. The Morgan fingerprint density at radius 2 is 1.59 bits per heavy atom. The molecule has 7 nitrogen and oxygen atoms in total. The summed E-state index contributed by atoms with van der Waals surface area (Å²) in [4.78, 5) is 12.9. The molecule has 1 heterocycles. The van der Waals surface area contributed by atoms with Gasteiger partial charge in [0.25, 0.3) is 5.91 Å². The fourth-order valence-corrected chi connectivity index (χ4v) is 3.07. The van der Waals surface area contributed by atoms with Gasteiger partial charge in [0.1, 0.15) is 0 Å². The third-order valence-electron chi connectivity index (χ3n) is 4.42. The molecule has 0 bridgehead atoms. The first-order chi connectivity index (χ1) is 14.1. The van der Waals surface area contributed by atoms with Gasteiger partial charge < -0.3 is 29.0 Å². The Balaban J connectivity index is 1.83. The van der Waals surface area contributed by atoms with Crippen LogP contribution in [0.15, 0.2) is 30.3 Å². The maximum absolute atomic E-state index is 12.9. The highest BCUT2D eigenvalue weighted by Crippen LogP contribution is 2.39. The van der Waals surface area contributed by atoms with Crippen LogP contribution in [0.4, 0.5) is 0 Å². The summed E-state index contributed by atoms with van der Waals surface area (Å²) in [6.45, 7) is 9.14. The van der Waals surface area contributed by atoms with E-state index in [0.717, 1.165) is 5.56 Å². The molecule has 29 heavy (non-hydrogen) atoms. The number of fused-ring (bicyclic) bond motifs is 1. The third-order valence-corrected chi connectivity index (χ3v) is 4.42. The number of benzene rings is 2. The van der Waals surface area contributed by atoms with Crippen molar-refractivity contribution in [3.8, 4) is 28.7 Å². The highest BCUT2D eigenvalue weighted by atomic mass is 16.7. The lowest BCUT2D eigenvalue weighted by Gasteiger charge is -2.18. The number of hydrogen-bond acceptors (Lipinski definition) is 6. The zero-order chi connectivity index (χ0) is 20.8. The number of carbonyl (C=O) groups is 1. The van der Waals surface area contributed by atoms with Crippen molar-refractivity contribution in [1.82, 2.24) is 5.32 Å². The number of hydrogen-bond donors (Lipinski definition) is 1. The Labute approximate surface area is 170 Å². The first kappa shape index (κ1) is 20.6. The molecule has 1 aliphatic heterocycles. The van der Waals surface area contributed by atoms with Gasteiger partial charge in [0.05, 0.1) is 25.9 Å². The van der Waals surface area contributed by atoms with Crippen LogP contribution in [0.5, 0.6) is 28.7 Å². The molecule has 0 aliphatic carbocycles. The van der Waals surface area contributed by atoms with Crippen molar-refractivity contribution in [1.29, 1.82) is 0 Å². The van der Waals surface area contributed by atoms with Gasteiger partial charge in [-0.1, -0.05) is 6.07 Å². The Kier molecular flexibility index (Phi) is 6.69. The number of carbonyl (C=O) groups excluding carboxylic acids is 1. The summed E-state index contributed by atoms with van der Waals surface area (Å²) < 4.78 is 27.8.